The van der Waals surface area contributed by atoms with Crippen LogP contribution in [-0.4, -0.2) is 65.8 Å². The monoisotopic (exact) mass is 654 g/mol. The lowest BCUT2D eigenvalue weighted by Gasteiger charge is -2.25. The van der Waals surface area contributed by atoms with Gasteiger partial charge in [0.05, 0.1) is 6.04 Å². The van der Waals surface area contributed by atoms with Crippen LogP contribution < -0.4 is 38.3 Å². The van der Waals surface area contributed by atoms with E-state index < -0.39 is 53.1 Å². The van der Waals surface area contributed by atoms with Crippen molar-refractivity contribution < 1.29 is 28.9 Å². The molecular formula is C30H42N10O7. The van der Waals surface area contributed by atoms with Crippen molar-refractivity contribution in [3.8, 4) is 0 Å². The summed E-state index contributed by atoms with van der Waals surface area (Å²) in [5, 5.41) is 21.6. The SMILES string of the molecule is CC(C)C[C@H](NC(=O)OCc1ccccc1)C(=O)N[C@@H](Cc1ccccc1)C(=O)N[C@H](/C=N/NC(N)=O)CCCN=C(N)N[N+](=O)[O-]. The van der Waals surface area contributed by atoms with Gasteiger partial charge in [-0.15, -0.1) is 0 Å². The van der Waals surface area contributed by atoms with Crippen molar-refractivity contribution in [2.24, 2.45) is 27.5 Å². The molecule has 0 heterocycles. The molecule has 5 amide bonds. The summed E-state index contributed by atoms with van der Waals surface area (Å²) in [6.07, 6.45) is 1.37. The highest BCUT2D eigenvalue weighted by atomic mass is 16.7. The number of hydrazone groups is 1. The van der Waals surface area contributed by atoms with Crippen molar-refractivity contribution in [2.75, 3.05) is 6.54 Å². The molecule has 17 heteroatoms. The predicted octanol–water partition coefficient (Wildman–Crippen LogP) is 1.07. The Morgan fingerprint density at radius 1 is 0.915 bits per heavy atom. The van der Waals surface area contributed by atoms with Gasteiger partial charge in [-0.05, 0) is 36.3 Å². The predicted molar refractivity (Wildman–Crippen MR) is 174 cm³/mol. The fourth-order valence-corrected chi connectivity index (χ4v) is 4.24. The van der Waals surface area contributed by atoms with E-state index in [1.165, 1.54) is 6.21 Å². The molecule has 47 heavy (non-hydrogen) atoms. The van der Waals surface area contributed by atoms with Crippen LogP contribution in [0.1, 0.15) is 44.2 Å². The summed E-state index contributed by atoms with van der Waals surface area (Å²) in [4.78, 5) is 65.3. The molecule has 0 unspecified atom stereocenters. The first-order chi connectivity index (χ1) is 22.4. The summed E-state index contributed by atoms with van der Waals surface area (Å²) in [7, 11) is 0. The van der Waals surface area contributed by atoms with Crippen LogP contribution in [0.4, 0.5) is 9.59 Å². The van der Waals surface area contributed by atoms with E-state index in [1.54, 1.807) is 41.8 Å². The summed E-state index contributed by atoms with van der Waals surface area (Å²) in [5.41, 5.74) is 15.8. The van der Waals surface area contributed by atoms with E-state index in [4.69, 9.17) is 16.2 Å². The van der Waals surface area contributed by atoms with Gasteiger partial charge in [-0.2, -0.15) is 5.10 Å². The van der Waals surface area contributed by atoms with E-state index in [9.17, 15) is 29.3 Å². The molecule has 0 aliphatic rings. The van der Waals surface area contributed by atoms with Crippen LogP contribution in [-0.2, 0) is 27.4 Å². The number of carbonyl (C=O) groups excluding carboxylic acids is 4. The lowest BCUT2D eigenvalue weighted by atomic mass is 10.0. The van der Waals surface area contributed by atoms with Gasteiger partial charge in [0, 0.05) is 19.2 Å². The highest BCUT2D eigenvalue weighted by molar-refractivity contribution is 5.92. The van der Waals surface area contributed by atoms with Crippen molar-refractivity contribution in [3.05, 3.63) is 81.9 Å². The Bertz CT molecular complexity index is 1370. The normalized spacial score (nSPS) is 13.2. The zero-order chi connectivity index (χ0) is 34.6. The number of primary amides is 1. The Kier molecular flexibility index (Phi) is 16.2. The number of amides is 5. The second-order valence-electron chi connectivity index (χ2n) is 10.8. The average molecular weight is 655 g/mol. The number of nitrogens with zero attached hydrogens (tertiary/aromatic N) is 3. The van der Waals surface area contributed by atoms with Crippen LogP contribution in [0.5, 0.6) is 0 Å². The molecule has 0 fully saturated rings. The largest absolute Gasteiger partial charge is 0.445 e. The first-order valence-electron chi connectivity index (χ1n) is 14.8. The van der Waals surface area contributed by atoms with Crippen LogP contribution in [0.15, 0.2) is 70.8 Å². The van der Waals surface area contributed by atoms with Gasteiger partial charge in [0.25, 0.3) is 5.96 Å². The van der Waals surface area contributed by atoms with Crippen LogP contribution in [0.2, 0.25) is 0 Å². The maximum absolute atomic E-state index is 13.6. The minimum atomic E-state index is -1.08. The molecule has 0 aliphatic carbocycles. The van der Waals surface area contributed by atoms with E-state index in [-0.39, 0.29) is 38.3 Å². The highest BCUT2D eigenvalue weighted by Gasteiger charge is 2.29. The number of hydrogen-bond donors (Lipinski definition) is 7. The van der Waals surface area contributed by atoms with Crippen molar-refractivity contribution in [1.29, 1.82) is 0 Å². The van der Waals surface area contributed by atoms with Crippen molar-refractivity contribution in [1.82, 2.24) is 26.8 Å². The van der Waals surface area contributed by atoms with Crippen LogP contribution in [0, 0.1) is 16.0 Å². The second kappa shape index (κ2) is 20.3. The van der Waals surface area contributed by atoms with Crippen LogP contribution in [0.25, 0.3) is 0 Å². The number of nitrogens with two attached hydrogens (primary N) is 2. The zero-order valence-electron chi connectivity index (χ0n) is 26.3. The molecule has 17 nitrogen and oxygen atoms in total. The molecule has 9 N–H and O–H groups in total. The third-order valence-electron chi connectivity index (χ3n) is 6.36. The minimum Gasteiger partial charge on any atom is -0.445 e. The molecule has 0 saturated heterocycles. The summed E-state index contributed by atoms with van der Waals surface area (Å²) in [6.45, 7) is 3.86. The van der Waals surface area contributed by atoms with E-state index in [0.717, 1.165) is 11.1 Å². The molecule has 0 aromatic heterocycles. The van der Waals surface area contributed by atoms with Gasteiger partial charge in [-0.3, -0.25) is 9.59 Å². The molecule has 3 atom stereocenters. The number of ether oxygens (including phenoxy) is 1. The van der Waals surface area contributed by atoms with Gasteiger partial charge in [0.2, 0.25) is 11.8 Å². The number of rotatable bonds is 18. The van der Waals surface area contributed by atoms with Crippen molar-refractivity contribution >= 4 is 36.1 Å². The number of urea groups is 1. The van der Waals surface area contributed by atoms with Crippen LogP contribution in [0.3, 0.4) is 0 Å². The molecule has 0 aliphatic heterocycles. The Labute approximate surface area is 272 Å². The molecule has 0 radical (unpaired) electrons. The van der Waals surface area contributed by atoms with Gasteiger partial charge in [0.15, 0.2) is 5.03 Å². The summed E-state index contributed by atoms with van der Waals surface area (Å²) >= 11 is 0. The molecule has 0 saturated carbocycles. The number of nitrogens with one attached hydrogen (secondary N) is 5. The number of hydrazine groups is 1. The smallest absolute Gasteiger partial charge is 0.408 e. The van der Waals surface area contributed by atoms with E-state index in [0.29, 0.717) is 6.42 Å². The Morgan fingerprint density at radius 2 is 1.53 bits per heavy atom. The molecule has 0 bridgehead atoms. The number of aliphatic imine (C=N–C) groups is 1. The van der Waals surface area contributed by atoms with Crippen molar-refractivity contribution in [3.63, 3.8) is 0 Å². The van der Waals surface area contributed by atoms with Gasteiger partial charge >= 0.3 is 12.1 Å². The summed E-state index contributed by atoms with van der Waals surface area (Å²) in [5.74, 6) is -1.54. The van der Waals surface area contributed by atoms with E-state index >= 15 is 0 Å². The number of hydrogen-bond acceptors (Lipinski definition) is 9. The molecule has 2 aromatic carbocycles. The Balaban J connectivity index is 2.19. The fourth-order valence-electron chi connectivity index (χ4n) is 4.24. The van der Waals surface area contributed by atoms with Gasteiger partial charge < -0.3 is 32.2 Å². The van der Waals surface area contributed by atoms with E-state index in [2.05, 4.69) is 31.5 Å². The van der Waals surface area contributed by atoms with Gasteiger partial charge in [-0.1, -0.05) is 79.9 Å². The molecule has 254 valence electrons. The first-order valence-corrected chi connectivity index (χ1v) is 14.8. The number of carbonyl (C=O) groups is 4. The topological polar surface area (TPSA) is 258 Å². The maximum atomic E-state index is 13.6. The standard InChI is InChI=1S/C30H42N10O7/c1-20(2)16-24(37-30(44)47-19-22-12-7-4-8-13-22)27(42)36-25(17-21-10-5-3-6-11-21)26(41)35-23(18-34-38-29(32)43)14-9-15-33-28(31)39-40(45)46/h3-8,10-13,18,20,23-25H,9,14-17,19H2,1-2H3,(H,35,41)(H,36,42)(H,37,44)(H3,31,33,39)(H3,32,38,43)/b34-18+/t23-,24-,25-/m0/s1. The zero-order valence-corrected chi connectivity index (χ0v) is 26.3. The quantitative estimate of drug-likeness (QED) is 0.0398. The summed E-state index contributed by atoms with van der Waals surface area (Å²) in [6, 6.07) is 14.3. The molecule has 2 rings (SSSR count). The van der Waals surface area contributed by atoms with E-state index in [1.807, 2.05) is 38.1 Å². The number of nitro groups is 1. The van der Waals surface area contributed by atoms with Gasteiger partial charge in [-0.25, -0.2) is 30.1 Å². The molecular weight excluding hydrogens is 612 g/mol. The Hall–Kier alpha value is -5.74. The Morgan fingerprint density at radius 3 is 2.13 bits per heavy atom. The van der Waals surface area contributed by atoms with Gasteiger partial charge in [0.1, 0.15) is 18.7 Å². The third kappa shape index (κ3) is 16.2. The maximum Gasteiger partial charge on any atom is 0.408 e. The van der Waals surface area contributed by atoms with Crippen LogP contribution >= 0.6 is 0 Å². The summed E-state index contributed by atoms with van der Waals surface area (Å²) < 4.78 is 5.31. The molecule has 0 spiro atoms. The van der Waals surface area contributed by atoms with Crippen molar-refractivity contribution in [2.45, 2.75) is 64.3 Å². The minimum absolute atomic E-state index is 0.0113. The third-order valence-corrected chi connectivity index (χ3v) is 6.36. The first kappa shape index (κ1) is 37.4. The fraction of sp³-hybridized carbons (Fsp3) is 0.400. The number of alkyl carbamates (subject to hydrolysis) is 1. The molecule has 2 aromatic rings. The lowest BCUT2D eigenvalue weighted by Crippen LogP contribution is -2.56. The lowest BCUT2D eigenvalue weighted by molar-refractivity contribution is -0.525. The number of guanidine groups is 1. The average Bonchev–Trinajstić information content (AvgIpc) is 3.01. The highest BCUT2D eigenvalue weighted by Crippen LogP contribution is 2.10. The second-order valence-corrected chi connectivity index (χ2v) is 10.8. The number of benzene rings is 2.